The predicted molar refractivity (Wildman–Crippen MR) is 84.6 cm³/mol. The minimum atomic E-state index is -0.667. The summed E-state index contributed by atoms with van der Waals surface area (Å²) in [4.78, 5) is 27.3. The quantitative estimate of drug-likeness (QED) is 0.629. The normalized spacial score (nSPS) is 28.1. The number of hydrogen-bond donors (Lipinski definition) is 1. The zero-order valence-corrected chi connectivity index (χ0v) is 13.3. The Labute approximate surface area is 131 Å². The molecule has 3 rings (SSSR count). The number of nitrogens with zero attached hydrogens (tertiary/aromatic N) is 1. The molecule has 0 aromatic carbocycles. The molecule has 0 radical (unpaired) electrons. The molecule has 0 aromatic rings. The lowest BCUT2D eigenvalue weighted by molar-refractivity contribution is -0.159. The SMILES string of the molecule is NC(=S)C1(N2C(=O)CC3(CCCCC3)CC2=O)CCCC1. The Morgan fingerprint density at radius 2 is 1.38 bits per heavy atom. The number of carbonyl (C=O) groups is 2. The smallest absolute Gasteiger partial charge is 0.230 e. The molecule has 0 atom stereocenters. The van der Waals surface area contributed by atoms with E-state index in [1.165, 1.54) is 11.3 Å². The summed E-state index contributed by atoms with van der Waals surface area (Å²) in [5.41, 5.74) is 5.21. The molecule has 3 fully saturated rings. The van der Waals surface area contributed by atoms with Gasteiger partial charge in [-0.1, -0.05) is 44.3 Å². The first kappa shape index (κ1) is 14.9. The Balaban J connectivity index is 1.87. The lowest BCUT2D eigenvalue weighted by Crippen LogP contribution is -2.63. The highest BCUT2D eigenvalue weighted by Gasteiger charge is 2.53. The van der Waals surface area contributed by atoms with Crippen LogP contribution >= 0.6 is 12.2 Å². The fourth-order valence-corrected chi connectivity index (χ4v) is 4.97. The van der Waals surface area contributed by atoms with Gasteiger partial charge in [-0.25, -0.2) is 0 Å². The molecule has 0 unspecified atom stereocenters. The van der Waals surface area contributed by atoms with E-state index in [2.05, 4.69) is 0 Å². The molecule has 2 aliphatic carbocycles. The monoisotopic (exact) mass is 308 g/mol. The molecule has 2 N–H and O–H groups in total. The average Bonchev–Trinajstić information content (AvgIpc) is 2.89. The van der Waals surface area contributed by atoms with Crippen molar-refractivity contribution >= 4 is 29.0 Å². The maximum atomic E-state index is 12.8. The minimum absolute atomic E-state index is 0.0390. The van der Waals surface area contributed by atoms with Crippen LogP contribution in [0.15, 0.2) is 0 Å². The fourth-order valence-electron chi connectivity index (χ4n) is 4.67. The summed E-state index contributed by atoms with van der Waals surface area (Å²) in [6, 6.07) is 0. The third-order valence-corrected chi connectivity index (χ3v) is 6.16. The Hall–Kier alpha value is -0.970. The average molecular weight is 308 g/mol. The molecular formula is C16H24N2O2S. The van der Waals surface area contributed by atoms with E-state index in [1.807, 2.05) is 0 Å². The van der Waals surface area contributed by atoms with E-state index >= 15 is 0 Å². The Morgan fingerprint density at radius 3 is 1.86 bits per heavy atom. The van der Waals surface area contributed by atoms with Crippen LogP contribution in [0.1, 0.15) is 70.6 Å². The van der Waals surface area contributed by atoms with Crippen LogP contribution in [0.2, 0.25) is 0 Å². The molecule has 0 bridgehead atoms. The summed E-state index contributed by atoms with van der Waals surface area (Å²) in [6.45, 7) is 0. The maximum absolute atomic E-state index is 12.8. The molecule has 2 amide bonds. The van der Waals surface area contributed by atoms with Crippen molar-refractivity contribution < 1.29 is 9.59 Å². The molecule has 4 nitrogen and oxygen atoms in total. The summed E-state index contributed by atoms with van der Waals surface area (Å²) in [5, 5.41) is 0. The number of thiocarbonyl (C=S) groups is 1. The van der Waals surface area contributed by atoms with E-state index in [-0.39, 0.29) is 17.2 Å². The second kappa shape index (κ2) is 5.34. The molecule has 0 aromatic heterocycles. The Morgan fingerprint density at radius 1 is 0.905 bits per heavy atom. The second-order valence-electron chi connectivity index (χ2n) is 7.14. The number of carbonyl (C=O) groups excluding carboxylic acids is 2. The first-order chi connectivity index (χ1) is 9.99. The van der Waals surface area contributed by atoms with Gasteiger partial charge in [0.1, 0.15) is 5.54 Å². The van der Waals surface area contributed by atoms with Gasteiger partial charge in [0.25, 0.3) is 0 Å². The van der Waals surface area contributed by atoms with Gasteiger partial charge < -0.3 is 5.73 Å². The van der Waals surface area contributed by atoms with Gasteiger partial charge in [0.05, 0.1) is 4.99 Å². The number of likely N-dealkylation sites (tertiary alicyclic amines) is 1. The topological polar surface area (TPSA) is 63.4 Å². The third kappa shape index (κ3) is 2.39. The molecular weight excluding hydrogens is 284 g/mol. The molecule has 1 saturated heterocycles. The second-order valence-corrected chi connectivity index (χ2v) is 7.58. The van der Waals surface area contributed by atoms with Gasteiger partial charge in [-0.15, -0.1) is 0 Å². The maximum Gasteiger partial charge on any atom is 0.230 e. The lowest BCUT2D eigenvalue weighted by atomic mass is 9.67. The lowest BCUT2D eigenvalue weighted by Gasteiger charge is -2.48. The fraction of sp³-hybridized carbons (Fsp3) is 0.812. The highest BCUT2D eigenvalue weighted by Crippen LogP contribution is 2.48. The summed E-state index contributed by atoms with van der Waals surface area (Å²) >= 11 is 5.23. The van der Waals surface area contributed by atoms with Crippen molar-refractivity contribution in [1.82, 2.24) is 4.90 Å². The number of nitrogens with two attached hydrogens (primary N) is 1. The van der Waals surface area contributed by atoms with Gasteiger partial charge in [-0.3, -0.25) is 14.5 Å². The Bertz CT molecular complexity index is 457. The van der Waals surface area contributed by atoms with E-state index in [0.29, 0.717) is 17.8 Å². The molecule has 2 saturated carbocycles. The van der Waals surface area contributed by atoms with Crippen molar-refractivity contribution in [2.75, 3.05) is 0 Å². The van der Waals surface area contributed by atoms with Crippen LogP contribution in [0.4, 0.5) is 0 Å². The van der Waals surface area contributed by atoms with Gasteiger partial charge in [0, 0.05) is 12.8 Å². The number of rotatable bonds is 2. The van der Waals surface area contributed by atoms with E-state index in [1.54, 1.807) is 0 Å². The summed E-state index contributed by atoms with van der Waals surface area (Å²) < 4.78 is 0. The third-order valence-electron chi connectivity index (χ3n) is 5.78. The van der Waals surface area contributed by atoms with Crippen molar-refractivity contribution in [1.29, 1.82) is 0 Å². The number of piperidine rings is 1. The molecule has 5 heteroatoms. The van der Waals surface area contributed by atoms with Gasteiger partial charge in [-0.05, 0) is 31.1 Å². The first-order valence-electron chi connectivity index (χ1n) is 8.15. The molecule has 1 aliphatic heterocycles. The van der Waals surface area contributed by atoms with Crippen molar-refractivity contribution in [3.05, 3.63) is 0 Å². The molecule has 1 heterocycles. The minimum Gasteiger partial charge on any atom is -0.391 e. The summed E-state index contributed by atoms with van der Waals surface area (Å²) in [6.07, 6.45) is 9.99. The van der Waals surface area contributed by atoms with Crippen LogP contribution in [0.3, 0.4) is 0 Å². The van der Waals surface area contributed by atoms with Gasteiger partial charge in [-0.2, -0.15) is 0 Å². The van der Waals surface area contributed by atoms with Crippen LogP contribution in [-0.2, 0) is 9.59 Å². The number of hydrogen-bond acceptors (Lipinski definition) is 3. The summed E-state index contributed by atoms with van der Waals surface area (Å²) in [7, 11) is 0. The molecule has 116 valence electrons. The first-order valence-corrected chi connectivity index (χ1v) is 8.56. The van der Waals surface area contributed by atoms with E-state index < -0.39 is 5.54 Å². The Kier molecular flexibility index (Phi) is 3.80. The highest BCUT2D eigenvalue weighted by atomic mass is 32.1. The zero-order valence-electron chi connectivity index (χ0n) is 12.5. The predicted octanol–water partition coefficient (Wildman–Crippen LogP) is 2.68. The highest BCUT2D eigenvalue weighted by molar-refractivity contribution is 7.80. The van der Waals surface area contributed by atoms with Crippen molar-refractivity contribution in [3.8, 4) is 0 Å². The molecule has 1 spiro atoms. The number of imide groups is 1. The van der Waals surface area contributed by atoms with Crippen molar-refractivity contribution in [3.63, 3.8) is 0 Å². The van der Waals surface area contributed by atoms with Gasteiger partial charge in [0.15, 0.2) is 0 Å². The standard InChI is InChI=1S/C16H24N2O2S/c17-14(21)16(8-4-5-9-16)18-12(19)10-15(11-13(18)20)6-2-1-3-7-15/h1-11H2,(H2,17,21). The molecule has 21 heavy (non-hydrogen) atoms. The number of amides is 2. The van der Waals surface area contributed by atoms with E-state index in [9.17, 15) is 9.59 Å². The van der Waals surface area contributed by atoms with E-state index in [0.717, 1.165) is 51.4 Å². The van der Waals surface area contributed by atoms with Crippen LogP contribution in [0.5, 0.6) is 0 Å². The summed E-state index contributed by atoms with van der Waals surface area (Å²) in [5.74, 6) is -0.0781. The largest absolute Gasteiger partial charge is 0.391 e. The van der Waals surface area contributed by atoms with Gasteiger partial charge in [0.2, 0.25) is 11.8 Å². The van der Waals surface area contributed by atoms with Crippen LogP contribution in [-0.4, -0.2) is 27.2 Å². The zero-order chi connectivity index (χ0) is 15.1. The van der Waals surface area contributed by atoms with Crippen LogP contribution in [0, 0.1) is 5.41 Å². The van der Waals surface area contributed by atoms with E-state index in [4.69, 9.17) is 18.0 Å². The van der Waals surface area contributed by atoms with Crippen molar-refractivity contribution in [2.24, 2.45) is 11.1 Å². The van der Waals surface area contributed by atoms with Crippen LogP contribution < -0.4 is 5.73 Å². The van der Waals surface area contributed by atoms with Crippen molar-refractivity contribution in [2.45, 2.75) is 76.2 Å². The van der Waals surface area contributed by atoms with Gasteiger partial charge >= 0.3 is 0 Å². The molecule has 3 aliphatic rings. The van der Waals surface area contributed by atoms with Crippen LogP contribution in [0.25, 0.3) is 0 Å².